The topological polar surface area (TPSA) is 83.6 Å². The molecule has 0 bridgehead atoms. The van der Waals surface area contributed by atoms with Crippen molar-refractivity contribution in [2.75, 3.05) is 5.32 Å². The summed E-state index contributed by atoms with van der Waals surface area (Å²) in [6.07, 6.45) is 9.32. The van der Waals surface area contributed by atoms with Crippen molar-refractivity contribution in [2.45, 2.75) is 32.6 Å². The zero-order valence-electron chi connectivity index (χ0n) is 22.5. The number of nitrogens with zero attached hydrogens (tertiary/aromatic N) is 4. The molecule has 0 saturated carbocycles. The number of unbranched alkanes of at least 4 members (excludes halogenated alkanes) is 1. The summed E-state index contributed by atoms with van der Waals surface area (Å²) in [4.78, 5) is 18.5. The van der Waals surface area contributed by atoms with Crippen molar-refractivity contribution in [2.24, 2.45) is 0 Å². The van der Waals surface area contributed by atoms with Gasteiger partial charge in [-0.2, -0.15) is 10.4 Å². The van der Waals surface area contributed by atoms with E-state index in [0.717, 1.165) is 29.0 Å². The van der Waals surface area contributed by atoms with Crippen LogP contribution in [0.2, 0.25) is 5.02 Å². The Bertz CT molecular complexity index is 1700. The van der Waals surface area contributed by atoms with E-state index in [1.807, 2.05) is 48.5 Å². The van der Waals surface area contributed by atoms with Crippen LogP contribution >= 0.6 is 22.9 Å². The van der Waals surface area contributed by atoms with E-state index >= 15 is 0 Å². The van der Waals surface area contributed by atoms with E-state index in [1.54, 1.807) is 35.3 Å². The van der Waals surface area contributed by atoms with Crippen LogP contribution < -0.4 is 5.32 Å². The molecule has 5 aromatic rings. The van der Waals surface area contributed by atoms with Gasteiger partial charge in [0.25, 0.3) is 5.91 Å². The summed E-state index contributed by atoms with van der Waals surface area (Å²) >= 11 is 7.50. The fourth-order valence-electron chi connectivity index (χ4n) is 4.36. The number of hydrogen-bond donors (Lipinski definition) is 1. The molecule has 8 heteroatoms. The number of nitrogens with one attached hydrogen (secondary N) is 1. The smallest absolute Gasteiger partial charge is 0.268 e. The minimum absolute atomic E-state index is 0.0488. The van der Waals surface area contributed by atoms with Gasteiger partial charge < -0.3 is 0 Å². The lowest BCUT2D eigenvalue weighted by Crippen LogP contribution is -2.13. The number of para-hydroxylation sites is 1. The lowest BCUT2D eigenvalue weighted by atomic mass is 10.0. The predicted octanol–water partition coefficient (Wildman–Crippen LogP) is 8.13. The van der Waals surface area contributed by atoms with Gasteiger partial charge in [-0.05, 0) is 54.3 Å². The Morgan fingerprint density at radius 3 is 2.49 bits per heavy atom. The maximum atomic E-state index is 13.1. The molecule has 0 unspecified atom stereocenters. The highest BCUT2D eigenvalue weighted by Crippen LogP contribution is 2.28. The van der Waals surface area contributed by atoms with Gasteiger partial charge in [0.05, 0.1) is 11.4 Å². The monoisotopic (exact) mass is 577 g/mol. The van der Waals surface area contributed by atoms with Gasteiger partial charge in [-0.3, -0.25) is 10.1 Å². The van der Waals surface area contributed by atoms with Gasteiger partial charge in [-0.1, -0.05) is 79.5 Å². The predicted molar refractivity (Wildman–Crippen MR) is 166 cm³/mol. The van der Waals surface area contributed by atoms with E-state index in [1.165, 1.54) is 35.3 Å². The number of carbonyl (C=O) groups excluding carboxylic acids is 1. The molecule has 1 amide bonds. The van der Waals surface area contributed by atoms with Crippen LogP contribution in [0.4, 0.5) is 5.13 Å². The minimum atomic E-state index is -0.525. The molecular formula is C33H28ClN5OS. The summed E-state index contributed by atoms with van der Waals surface area (Å²) in [7, 11) is 0. The van der Waals surface area contributed by atoms with Gasteiger partial charge in [0, 0.05) is 39.8 Å². The molecule has 3 aromatic carbocycles. The summed E-state index contributed by atoms with van der Waals surface area (Å²) in [6.45, 7) is 2.20. The van der Waals surface area contributed by atoms with Crippen LogP contribution in [0.5, 0.6) is 0 Å². The van der Waals surface area contributed by atoms with Crippen LogP contribution in [0.1, 0.15) is 41.3 Å². The summed E-state index contributed by atoms with van der Waals surface area (Å²) in [5, 5.41) is 18.5. The van der Waals surface area contributed by atoms with Crippen LogP contribution in [0, 0.1) is 11.3 Å². The Morgan fingerprint density at radius 2 is 1.78 bits per heavy atom. The van der Waals surface area contributed by atoms with Crippen molar-refractivity contribution in [1.82, 2.24) is 14.8 Å². The minimum Gasteiger partial charge on any atom is -0.297 e. The number of rotatable bonds is 10. The third-order valence-electron chi connectivity index (χ3n) is 6.54. The second-order valence-electron chi connectivity index (χ2n) is 9.57. The Hall–Kier alpha value is -4.51. The number of carbonyl (C=O) groups is 1. The highest BCUT2D eigenvalue weighted by Gasteiger charge is 2.17. The van der Waals surface area contributed by atoms with Crippen molar-refractivity contribution in [3.8, 4) is 23.0 Å². The number of amides is 1. The average Bonchev–Trinajstić information content (AvgIpc) is 3.63. The second kappa shape index (κ2) is 13.2. The summed E-state index contributed by atoms with van der Waals surface area (Å²) in [5.41, 5.74) is 5.42. The molecule has 0 fully saturated rings. The first kappa shape index (κ1) is 28.0. The molecular weight excluding hydrogens is 550 g/mol. The number of anilines is 1. The summed E-state index contributed by atoms with van der Waals surface area (Å²) in [6, 6.07) is 27.6. The number of hydrogen-bond acceptors (Lipinski definition) is 5. The second-order valence-corrected chi connectivity index (χ2v) is 11.1. The number of halogens is 1. The first-order chi connectivity index (χ1) is 20.0. The normalized spacial score (nSPS) is 11.3. The largest absolute Gasteiger partial charge is 0.297 e. The molecule has 2 heterocycles. The van der Waals surface area contributed by atoms with Crippen LogP contribution in [0.15, 0.2) is 96.8 Å². The zero-order chi connectivity index (χ0) is 28.6. The molecule has 0 aliphatic heterocycles. The summed E-state index contributed by atoms with van der Waals surface area (Å²) < 4.78 is 1.73. The van der Waals surface area contributed by atoms with Gasteiger partial charge in [-0.25, -0.2) is 9.67 Å². The van der Waals surface area contributed by atoms with Crippen LogP contribution in [0.3, 0.4) is 0 Å². The summed E-state index contributed by atoms with van der Waals surface area (Å²) in [5.74, 6) is -0.525. The van der Waals surface area contributed by atoms with Gasteiger partial charge in [0.15, 0.2) is 5.13 Å². The van der Waals surface area contributed by atoms with E-state index in [0.29, 0.717) is 21.4 Å². The number of nitriles is 1. The third kappa shape index (κ3) is 7.17. The van der Waals surface area contributed by atoms with Crippen molar-refractivity contribution in [3.05, 3.63) is 123 Å². The Labute approximate surface area is 248 Å². The number of aryl methyl sites for hydroxylation is 1. The molecule has 5 rings (SSSR count). The van der Waals surface area contributed by atoms with E-state index < -0.39 is 5.91 Å². The number of thiazole rings is 1. The molecule has 41 heavy (non-hydrogen) atoms. The van der Waals surface area contributed by atoms with E-state index in [4.69, 9.17) is 16.7 Å². The molecule has 0 spiro atoms. The maximum Gasteiger partial charge on any atom is 0.268 e. The highest BCUT2D eigenvalue weighted by molar-refractivity contribution is 7.15. The molecule has 0 aliphatic carbocycles. The molecule has 0 saturated heterocycles. The van der Waals surface area contributed by atoms with Crippen molar-refractivity contribution in [1.29, 1.82) is 5.26 Å². The highest BCUT2D eigenvalue weighted by atomic mass is 35.5. The molecule has 0 radical (unpaired) electrons. The number of benzene rings is 3. The van der Waals surface area contributed by atoms with Gasteiger partial charge in [0.2, 0.25) is 0 Å². The molecule has 0 atom stereocenters. The van der Waals surface area contributed by atoms with E-state index in [2.05, 4.69) is 41.5 Å². The van der Waals surface area contributed by atoms with Gasteiger partial charge in [0.1, 0.15) is 11.6 Å². The van der Waals surface area contributed by atoms with E-state index in [-0.39, 0.29) is 5.57 Å². The molecule has 0 aliphatic rings. The third-order valence-corrected chi connectivity index (χ3v) is 7.70. The van der Waals surface area contributed by atoms with Crippen molar-refractivity contribution >= 4 is 40.1 Å². The molecule has 6 nitrogen and oxygen atoms in total. The van der Waals surface area contributed by atoms with Crippen LogP contribution in [-0.2, 0) is 17.6 Å². The Balaban J connectivity index is 1.35. The van der Waals surface area contributed by atoms with Crippen molar-refractivity contribution < 1.29 is 4.79 Å². The standard InChI is InChI=1S/C33H28ClN5OS/c1-2-3-7-23-10-12-24(13-11-23)18-30-21-36-33(41-30)37-32(40)26(20-35)19-27-22-39(29-8-5-4-6-9-29)38-31(27)25-14-16-28(34)17-15-25/h4-6,8-17,19,21-22H,2-3,7,18H2,1H3,(H,36,37,40)/b26-19+. The Kier molecular flexibility index (Phi) is 9.05. The fourth-order valence-corrected chi connectivity index (χ4v) is 5.33. The Morgan fingerprint density at radius 1 is 1.05 bits per heavy atom. The first-order valence-electron chi connectivity index (χ1n) is 13.4. The lowest BCUT2D eigenvalue weighted by molar-refractivity contribution is -0.112. The van der Waals surface area contributed by atoms with Gasteiger partial charge in [-0.15, -0.1) is 11.3 Å². The van der Waals surface area contributed by atoms with Crippen LogP contribution in [0.25, 0.3) is 23.0 Å². The maximum absolute atomic E-state index is 13.1. The first-order valence-corrected chi connectivity index (χ1v) is 14.6. The molecule has 2 aromatic heterocycles. The average molecular weight is 578 g/mol. The SMILES string of the molecule is CCCCc1ccc(Cc2cnc(NC(=O)/C(C#N)=C/c3cn(-c4ccccc4)nc3-c3ccc(Cl)cc3)s2)cc1. The van der Waals surface area contributed by atoms with Crippen molar-refractivity contribution in [3.63, 3.8) is 0 Å². The fraction of sp³-hybridized carbons (Fsp3) is 0.152. The molecule has 1 N–H and O–H groups in total. The quantitative estimate of drug-likeness (QED) is 0.134. The van der Waals surface area contributed by atoms with E-state index in [9.17, 15) is 10.1 Å². The lowest BCUT2D eigenvalue weighted by Gasteiger charge is -2.03. The van der Waals surface area contributed by atoms with Crippen LogP contribution in [-0.4, -0.2) is 20.7 Å². The molecule has 204 valence electrons. The van der Waals surface area contributed by atoms with Gasteiger partial charge >= 0.3 is 0 Å². The zero-order valence-corrected chi connectivity index (χ0v) is 24.1. The number of aromatic nitrogens is 3.